The fourth-order valence-electron chi connectivity index (χ4n) is 0.911. The highest BCUT2D eigenvalue weighted by Crippen LogP contribution is 2.13. The molecule has 2 heteroatoms. The maximum absolute atomic E-state index is 11.5. The molecule has 0 aromatic heterocycles. The fraction of sp³-hybridized carbons (Fsp3) is 0. The largest absolute Gasteiger partial charge is 0.423 e. The lowest BCUT2D eigenvalue weighted by Crippen LogP contribution is -2.10. The molecule has 76 valence electrons. The minimum absolute atomic E-state index is 0.217. The molecule has 0 amide bonds. The smallest absolute Gasteiger partial charge is 0.343 e. The second kappa shape index (κ2) is 4.96. The molecule has 0 aliphatic rings. The van der Waals surface area contributed by atoms with Gasteiger partial charge in [0, 0.05) is 0 Å². The lowest BCUT2D eigenvalue weighted by atomic mass is 10.1. The Hall–Kier alpha value is -2.09. The predicted octanol–water partition coefficient (Wildman–Crippen LogP) is 2.89. The zero-order valence-corrected chi connectivity index (χ0v) is 8.40. The van der Waals surface area contributed by atoms with Gasteiger partial charge in [0.05, 0.1) is 5.57 Å². The van der Waals surface area contributed by atoms with Crippen molar-refractivity contribution in [2.24, 2.45) is 0 Å². The van der Waals surface area contributed by atoms with Crippen LogP contribution in [-0.2, 0) is 4.79 Å². The van der Waals surface area contributed by atoms with E-state index >= 15 is 0 Å². The highest BCUT2D eigenvalue weighted by molar-refractivity contribution is 5.94. The molecule has 0 saturated carbocycles. The van der Waals surface area contributed by atoms with E-state index in [-0.39, 0.29) is 5.57 Å². The molecule has 1 aromatic rings. The van der Waals surface area contributed by atoms with E-state index in [1.165, 1.54) is 6.08 Å². The van der Waals surface area contributed by atoms with E-state index in [9.17, 15) is 4.79 Å². The first kappa shape index (κ1) is 11.0. The minimum atomic E-state index is -0.508. The van der Waals surface area contributed by atoms with Crippen molar-refractivity contribution in [1.82, 2.24) is 0 Å². The van der Waals surface area contributed by atoms with Crippen LogP contribution in [0.5, 0.6) is 5.75 Å². The number of carbonyl (C=O) groups excluding carboxylic acids is 1. The Labute approximate surface area is 89.2 Å². The van der Waals surface area contributed by atoms with Crippen molar-refractivity contribution >= 4 is 5.97 Å². The molecule has 0 aliphatic carbocycles. The molecule has 0 unspecified atom stereocenters. The van der Waals surface area contributed by atoms with Crippen LogP contribution in [0.25, 0.3) is 0 Å². The third-order valence-corrected chi connectivity index (χ3v) is 1.83. The van der Waals surface area contributed by atoms with Crippen molar-refractivity contribution in [2.75, 3.05) is 0 Å². The average Bonchev–Trinajstić information content (AvgIpc) is 2.28. The molecule has 0 heterocycles. The number of benzene rings is 1. The fourth-order valence-corrected chi connectivity index (χ4v) is 0.911. The minimum Gasteiger partial charge on any atom is -0.423 e. The molecule has 0 fully saturated rings. The molecule has 0 atom stereocenters. The Morgan fingerprint density at radius 1 is 1.20 bits per heavy atom. The molecule has 0 N–H and O–H groups in total. The lowest BCUT2D eigenvalue weighted by molar-refractivity contribution is -0.129. The summed E-state index contributed by atoms with van der Waals surface area (Å²) in [6, 6.07) is 8.81. The number of carbonyl (C=O) groups is 1. The van der Waals surface area contributed by atoms with Gasteiger partial charge in [-0.2, -0.15) is 0 Å². The molecule has 15 heavy (non-hydrogen) atoms. The van der Waals surface area contributed by atoms with Gasteiger partial charge >= 0.3 is 5.97 Å². The number of hydrogen-bond acceptors (Lipinski definition) is 2. The van der Waals surface area contributed by atoms with Gasteiger partial charge in [-0.1, -0.05) is 44.0 Å². The lowest BCUT2D eigenvalue weighted by Gasteiger charge is -2.05. The number of ether oxygens (including phenoxy) is 1. The van der Waals surface area contributed by atoms with E-state index < -0.39 is 5.97 Å². The number of rotatable bonds is 4. The number of para-hydroxylation sites is 1. The van der Waals surface area contributed by atoms with Crippen molar-refractivity contribution in [2.45, 2.75) is 0 Å². The van der Waals surface area contributed by atoms with Crippen molar-refractivity contribution in [3.05, 3.63) is 67.3 Å². The predicted molar refractivity (Wildman–Crippen MR) is 60.6 cm³/mol. The van der Waals surface area contributed by atoms with Crippen LogP contribution in [-0.4, -0.2) is 5.97 Å². The molecule has 1 rings (SSSR count). The summed E-state index contributed by atoms with van der Waals surface area (Å²) in [6.45, 7) is 10.7. The van der Waals surface area contributed by atoms with Crippen LogP contribution in [0, 0.1) is 0 Å². The Morgan fingerprint density at radius 3 is 2.33 bits per heavy atom. The molecule has 1 aromatic carbocycles. The SMILES string of the molecule is C=CC(=C)C(=C)C(=O)Oc1ccccc1. The third kappa shape index (κ3) is 2.95. The maximum Gasteiger partial charge on any atom is 0.343 e. The van der Waals surface area contributed by atoms with Gasteiger partial charge in [0.2, 0.25) is 0 Å². The van der Waals surface area contributed by atoms with E-state index in [1.54, 1.807) is 24.3 Å². The summed E-state index contributed by atoms with van der Waals surface area (Å²) >= 11 is 0. The number of allylic oxidation sites excluding steroid dienone is 1. The molecule has 0 bridgehead atoms. The summed E-state index contributed by atoms with van der Waals surface area (Å²) in [5.74, 6) is -0.0217. The van der Waals surface area contributed by atoms with Gasteiger partial charge in [-0.15, -0.1) is 0 Å². The van der Waals surface area contributed by atoms with Crippen LogP contribution in [0.3, 0.4) is 0 Å². The van der Waals surface area contributed by atoms with Crippen molar-refractivity contribution in [3.63, 3.8) is 0 Å². The summed E-state index contributed by atoms with van der Waals surface area (Å²) in [7, 11) is 0. The van der Waals surface area contributed by atoms with Gasteiger partial charge in [-0.25, -0.2) is 4.79 Å². The zero-order valence-electron chi connectivity index (χ0n) is 8.40. The molecule has 0 aliphatic heterocycles. The van der Waals surface area contributed by atoms with Gasteiger partial charge in [0.25, 0.3) is 0 Å². The summed E-state index contributed by atoms with van der Waals surface area (Å²) in [6.07, 6.45) is 1.47. The normalized spacial score (nSPS) is 9.07. The van der Waals surface area contributed by atoms with E-state index in [0.29, 0.717) is 11.3 Å². The van der Waals surface area contributed by atoms with Crippen molar-refractivity contribution in [1.29, 1.82) is 0 Å². The first-order chi connectivity index (χ1) is 7.15. The average molecular weight is 200 g/mol. The van der Waals surface area contributed by atoms with Gasteiger partial charge in [0.15, 0.2) is 0 Å². The molecule has 0 radical (unpaired) electrons. The Balaban J connectivity index is 2.68. The van der Waals surface area contributed by atoms with E-state index in [2.05, 4.69) is 19.7 Å². The zero-order chi connectivity index (χ0) is 11.3. The topological polar surface area (TPSA) is 26.3 Å². The molecular formula is C13H12O2. The van der Waals surface area contributed by atoms with Crippen molar-refractivity contribution < 1.29 is 9.53 Å². The highest BCUT2D eigenvalue weighted by Gasteiger charge is 2.10. The third-order valence-electron chi connectivity index (χ3n) is 1.83. The summed E-state index contributed by atoms with van der Waals surface area (Å²) < 4.78 is 5.05. The van der Waals surface area contributed by atoms with E-state index in [4.69, 9.17) is 4.74 Å². The van der Waals surface area contributed by atoms with Crippen LogP contribution in [0.1, 0.15) is 0 Å². The van der Waals surface area contributed by atoms with Gasteiger partial charge in [-0.05, 0) is 17.7 Å². The second-order valence-electron chi connectivity index (χ2n) is 2.91. The summed E-state index contributed by atoms with van der Waals surface area (Å²) in [5, 5.41) is 0. The molecular weight excluding hydrogens is 188 g/mol. The standard InChI is InChI=1S/C13H12O2/c1-4-10(2)11(3)13(14)15-12-8-6-5-7-9-12/h4-9H,1-3H2. The van der Waals surface area contributed by atoms with Crippen LogP contribution in [0.15, 0.2) is 67.3 Å². The number of esters is 1. The maximum atomic E-state index is 11.5. The molecule has 0 spiro atoms. The van der Waals surface area contributed by atoms with Crippen molar-refractivity contribution in [3.8, 4) is 5.75 Å². The quantitative estimate of drug-likeness (QED) is 0.323. The Kier molecular flexibility index (Phi) is 3.63. The van der Waals surface area contributed by atoms with Crippen LogP contribution in [0.4, 0.5) is 0 Å². The summed E-state index contributed by atoms with van der Waals surface area (Å²) in [5.41, 5.74) is 0.685. The number of hydrogen-bond donors (Lipinski definition) is 0. The van der Waals surface area contributed by atoms with Crippen LogP contribution < -0.4 is 4.74 Å². The van der Waals surface area contributed by atoms with E-state index in [1.807, 2.05) is 6.07 Å². The van der Waals surface area contributed by atoms with Crippen LogP contribution >= 0.6 is 0 Å². The molecule has 2 nitrogen and oxygen atoms in total. The Bertz CT molecular complexity index is 402. The second-order valence-corrected chi connectivity index (χ2v) is 2.91. The first-order valence-electron chi connectivity index (χ1n) is 4.43. The van der Waals surface area contributed by atoms with Crippen LogP contribution in [0.2, 0.25) is 0 Å². The highest BCUT2D eigenvalue weighted by atomic mass is 16.5. The van der Waals surface area contributed by atoms with Gasteiger partial charge in [0.1, 0.15) is 5.75 Å². The van der Waals surface area contributed by atoms with Gasteiger partial charge in [-0.3, -0.25) is 0 Å². The first-order valence-corrected chi connectivity index (χ1v) is 4.43. The Morgan fingerprint density at radius 2 is 1.80 bits per heavy atom. The molecule has 0 saturated heterocycles. The monoisotopic (exact) mass is 200 g/mol. The van der Waals surface area contributed by atoms with Gasteiger partial charge < -0.3 is 4.74 Å². The summed E-state index contributed by atoms with van der Waals surface area (Å²) in [4.78, 5) is 11.5. The van der Waals surface area contributed by atoms with E-state index in [0.717, 1.165) is 0 Å².